The average Bonchev–Trinajstić information content (AvgIpc) is 2.41. The highest BCUT2D eigenvalue weighted by Gasteiger charge is 2.10. The molecule has 19 heavy (non-hydrogen) atoms. The Morgan fingerprint density at radius 3 is 1.37 bits per heavy atom. The standard InChI is InChI=1S/C19H40/c1-5-7-8-9-10-11-12-13-14-15-17-19(4)18(3)16-6-2/h18-19H,5-17H2,1-4H3. The molecule has 0 radical (unpaired) electrons. The zero-order valence-electron chi connectivity index (χ0n) is 14.3. The van der Waals surface area contributed by atoms with E-state index in [1.54, 1.807) is 0 Å². The van der Waals surface area contributed by atoms with Gasteiger partial charge in [-0.25, -0.2) is 0 Å². The van der Waals surface area contributed by atoms with Crippen LogP contribution >= 0.6 is 0 Å². The summed E-state index contributed by atoms with van der Waals surface area (Å²) in [7, 11) is 0. The molecule has 0 aliphatic heterocycles. The Morgan fingerprint density at radius 1 is 0.474 bits per heavy atom. The van der Waals surface area contributed by atoms with Crippen LogP contribution in [-0.2, 0) is 0 Å². The summed E-state index contributed by atoms with van der Waals surface area (Å²) < 4.78 is 0. The molecule has 0 saturated heterocycles. The van der Waals surface area contributed by atoms with Crippen molar-refractivity contribution in [3.8, 4) is 0 Å². The van der Waals surface area contributed by atoms with Crippen LogP contribution in [0.3, 0.4) is 0 Å². The monoisotopic (exact) mass is 268 g/mol. The van der Waals surface area contributed by atoms with Crippen molar-refractivity contribution in [2.45, 2.75) is 111 Å². The van der Waals surface area contributed by atoms with Crippen LogP contribution in [0.1, 0.15) is 111 Å². The van der Waals surface area contributed by atoms with Crippen molar-refractivity contribution in [2.75, 3.05) is 0 Å². The minimum Gasteiger partial charge on any atom is -0.0654 e. The van der Waals surface area contributed by atoms with Crippen molar-refractivity contribution in [1.82, 2.24) is 0 Å². The fraction of sp³-hybridized carbons (Fsp3) is 1.00. The van der Waals surface area contributed by atoms with Crippen molar-refractivity contribution in [3.05, 3.63) is 0 Å². The van der Waals surface area contributed by atoms with Gasteiger partial charge in [0.25, 0.3) is 0 Å². The maximum atomic E-state index is 2.45. The molecule has 0 heterocycles. The number of hydrogen-bond acceptors (Lipinski definition) is 0. The van der Waals surface area contributed by atoms with E-state index < -0.39 is 0 Å². The smallest absolute Gasteiger partial charge is 0.0417 e. The highest BCUT2D eigenvalue weighted by Crippen LogP contribution is 2.22. The Morgan fingerprint density at radius 2 is 0.895 bits per heavy atom. The summed E-state index contributed by atoms with van der Waals surface area (Å²) in [6.45, 7) is 9.49. The topological polar surface area (TPSA) is 0 Å². The second-order valence-electron chi connectivity index (χ2n) is 6.71. The summed E-state index contributed by atoms with van der Waals surface area (Å²) in [4.78, 5) is 0. The Kier molecular flexibility index (Phi) is 14.4. The number of hydrogen-bond donors (Lipinski definition) is 0. The maximum absolute atomic E-state index is 2.45. The SMILES string of the molecule is CCCCCCCCCCCCC(C)C(C)CCC. The molecule has 2 atom stereocenters. The van der Waals surface area contributed by atoms with Crippen molar-refractivity contribution in [3.63, 3.8) is 0 Å². The van der Waals surface area contributed by atoms with E-state index in [2.05, 4.69) is 27.7 Å². The lowest BCUT2D eigenvalue weighted by Gasteiger charge is -2.19. The molecule has 0 aliphatic carbocycles. The molecular formula is C19H40. The largest absolute Gasteiger partial charge is 0.0654 e. The molecule has 0 heteroatoms. The minimum atomic E-state index is 0.934. The summed E-state index contributed by atoms with van der Waals surface area (Å²) in [5.41, 5.74) is 0. The van der Waals surface area contributed by atoms with Crippen LogP contribution in [-0.4, -0.2) is 0 Å². The third kappa shape index (κ3) is 12.8. The van der Waals surface area contributed by atoms with E-state index in [0.29, 0.717) is 0 Å². The van der Waals surface area contributed by atoms with Crippen molar-refractivity contribution >= 4 is 0 Å². The van der Waals surface area contributed by atoms with E-state index in [4.69, 9.17) is 0 Å². The van der Waals surface area contributed by atoms with Gasteiger partial charge >= 0.3 is 0 Å². The molecule has 0 aromatic carbocycles. The molecule has 2 unspecified atom stereocenters. The highest BCUT2D eigenvalue weighted by atomic mass is 14.2. The lowest BCUT2D eigenvalue weighted by Crippen LogP contribution is -2.07. The predicted octanol–water partition coefficient (Wildman–Crippen LogP) is 7.37. The molecule has 0 rings (SSSR count). The second kappa shape index (κ2) is 14.4. The third-order valence-corrected chi connectivity index (χ3v) is 4.73. The summed E-state index contributed by atoms with van der Waals surface area (Å²) in [6, 6.07) is 0. The Hall–Kier alpha value is 0. The molecule has 0 fully saturated rings. The minimum absolute atomic E-state index is 0.934. The van der Waals surface area contributed by atoms with Gasteiger partial charge in [0.15, 0.2) is 0 Å². The molecule has 0 aliphatic rings. The van der Waals surface area contributed by atoms with Crippen LogP contribution in [0.5, 0.6) is 0 Å². The molecule has 0 aromatic rings. The normalized spacial score (nSPS) is 14.5. The third-order valence-electron chi connectivity index (χ3n) is 4.73. The van der Waals surface area contributed by atoms with Crippen LogP contribution in [0.2, 0.25) is 0 Å². The van der Waals surface area contributed by atoms with Crippen LogP contribution in [0.25, 0.3) is 0 Å². The van der Waals surface area contributed by atoms with Gasteiger partial charge in [-0.2, -0.15) is 0 Å². The van der Waals surface area contributed by atoms with E-state index in [1.807, 2.05) is 0 Å². The summed E-state index contributed by atoms with van der Waals surface area (Å²) in [5, 5.41) is 0. The van der Waals surface area contributed by atoms with Gasteiger partial charge in [0, 0.05) is 0 Å². The van der Waals surface area contributed by atoms with Crippen molar-refractivity contribution in [1.29, 1.82) is 0 Å². The second-order valence-corrected chi connectivity index (χ2v) is 6.71. The van der Waals surface area contributed by atoms with Crippen molar-refractivity contribution < 1.29 is 0 Å². The van der Waals surface area contributed by atoms with Gasteiger partial charge in [0.05, 0.1) is 0 Å². The van der Waals surface area contributed by atoms with Gasteiger partial charge in [-0.1, -0.05) is 111 Å². The Labute approximate surface area is 123 Å². The average molecular weight is 269 g/mol. The summed E-state index contributed by atoms with van der Waals surface area (Å²) in [5.74, 6) is 1.87. The molecule has 0 N–H and O–H groups in total. The zero-order chi connectivity index (χ0) is 14.3. The lowest BCUT2D eigenvalue weighted by molar-refractivity contribution is 0.330. The zero-order valence-corrected chi connectivity index (χ0v) is 14.3. The first-order valence-electron chi connectivity index (χ1n) is 9.22. The van der Waals surface area contributed by atoms with E-state index in [9.17, 15) is 0 Å². The summed E-state index contributed by atoms with van der Waals surface area (Å²) >= 11 is 0. The first kappa shape index (κ1) is 19.0. The molecule has 0 aromatic heterocycles. The van der Waals surface area contributed by atoms with Gasteiger partial charge in [0.2, 0.25) is 0 Å². The van der Waals surface area contributed by atoms with Crippen LogP contribution in [0, 0.1) is 11.8 Å². The van der Waals surface area contributed by atoms with E-state index in [-0.39, 0.29) is 0 Å². The Balaban J connectivity index is 3.18. The van der Waals surface area contributed by atoms with E-state index in [1.165, 1.54) is 83.5 Å². The first-order valence-corrected chi connectivity index (χ1v) is 9.22. The van der Waals surface area contributed by atoms with E-state index in [0.717, 1.165) is 11.8 Å². The molecule has 116 valence electrons. The quantitative estimate of drug-likeness (QED) is 0.288. The highest BCUT2D eigenvalue weighted by molar-refractivity contribution is 4.62. The fourth-order valence-electron chi connectivity index (χ4n) is 2.98. The summed E-state index contributed by atoms with van der Waals surface area (Å²) in [6.07, 6.45) is 18.8. The van der Waals surface area contributed by atoms with Gasteiger partial charge in [-0.05, 0) is 11.8 Å². The fourth-order valence-corrected chi connectivity index (χ4v) is 2.98. The van der Waals surface area contributed by atoms with Gasteiger partial charge < -0.3 is 0 Å². The molecule has 0 saturated carbocycles. The number of rotatable bonds is 14. The molecule has 0 spiro atoms. The first-order chi connectivity index (χ1) is 9.22. The lowest BCUT2D eigenvalue weighted by atomic mass is 9.87. The molecule has 0 amide bonds. The molecule has 0 nitrogen and oxygen atoms in total. The van der Waals surface area contributed by atoms with Crippen molar-refractivity contribution in [2.24, 2.45) is 11.8 Å². The van der Waals surface area contributed by atoms with Gasteiger partial charge in [0.1, 0.15) is 0 Å². The van der Waals surface area contributed by atoms with E-state index >= 15 is 0 Å². The van der Waals surface area contributed by atoms with Crippen LogP contribution in [0.15, 0.2) is 0 Å². The van der Waals surface area contributed by atoms with Gasteiger partial charge in [-0.15, -0.1) is 0 Å². The maximum Gasteiger partial charge on any atom is -0.0417 e. The molecule has 0 bridgehead atoms. The van der Waals surface area contributed by atoms with Crippen LogP contribution < -0.4 is 0 Å². The van der Waals surface area contributed by atoms with Crippen LogP contribution in [0.4, 0.5) is 0 Å². The predicted molar refractivity (Wildman–Crippen MR) is 89.7 cm³/mol. The molecular weight excluding hydrogens is 228 g/mol. The number of unbranched alkanes of at least 4 members (excludes halogenated alkanes) is 9. The van der Waals surface area contributed by atoms with Gasteiger partial charge in [-0.3, -0.25) is 0 Å². The Bertz CT molecular complexity index is 161.